The molecular weight excluding hydrogens is 442 g/mol. The number of carbonyl (C=O) groups is 2. The van der Waals surface area contributed by atoms with Gasteiger partial charge in [0.15, 0.2) is 6.10 Å². The molecule has 8 nitrogen and oxygen atoms in total. The average Bonchev–Trinajstić information content (AvgIpc) is 3.27. The van der Waals surface area contributed by atoms with Crippen molar-refractivity contribution < 1.29 is 22.7 Å². The molecule has 2 heterocycles. The third-order valence-electron chi connectivity index (χ3n) is 5.29. The molecule has 1 saturated heterocycles. The number of anilines is 2. The molecule has 2 aromatic carbocycles. The highest BCUT2D eigenvalue weighted by Crippen LogP contribution is 2.37. The van der Waals surface area contributed by atoms with Crippen LogP contribution in [0.25, 0.3) is 0 Å². The van der Waals surface area contributed by atoms with Crippen molar-refractivity contribution in [3.63, 3.8) is 0 Å². The summed E-state index contributed by atoms with van der Waals surface area (Å²) in [4.78, 5) is 27.6. The van der Waals surface area contributed by atoms with Crippen LogP contribution in [0.3, 0.4) is 0 Å². The van der Waals surface area contributed by atoms with Gasteiger partial charge in [0, 0.05) is 18.1 Å². The second-order valence-electron chi connectivity index (χ2n) is 7.55. The Labute approximate surface area is 185 Å². The van der Waals surface area contributed by atoms with E-state index in [-0.39, 0.29) is 23.9 Å². The first-order chi connectivity index (χ1) is 14.7. The number of carbonyl (C=O) groups excluding carboxylic acids is 2. The van der Waals surface area contributed by atoms with Gasteiger partial charge in [0.1, 0.15) is 5.75 Å². The van der Waals surface area contributed by atoms with E-state index in [2.05, 4.69) is 5.32 Å². The molecule has 1 fully saturated rings. The summed E-state index contributed by atoms with van der Waals surface area (Å²) >= 11 is 6.01. The van der Waals surface area contributed by atoms with Crippen molar-refractivity contribution in [1.29, 1.82) is 0 Å². The number of halogens is 1. The number of likely N-dealkylation sites (tertiary alicyclic amines) is 1. The van der Waals surface area contributed by atoms with Gasteiger partial charge in [-0.05, 0) is 43.2 Å². The molecule has 0 radical (unpaired) electrons. The maximum atomic E-state index is 13.0. The minimum Gasteiger partial charge on any atom is -0.476 e. The van der Waals surface area contributed by atoms with Crippen LogP contribution < -0.4 is 14.4 Å². The fourth-order valence-electron chi connectivity index (χ4n) is 3.76. The molecular formula is C21H22ClN3O5S. The number of fused-ring (bicyclic) bond motifs is 1. The third-order valence-corrected chi connectivity index (χ3v) is 6.67. The summed E-state index contributed by atoms with van der Waals surface area (Å²) in [5.41, 5.74) is 1.03. The first-order valence-electron chi connectivity index (χ1n) is 9.87. The van der Waals surface area contributed by atoms with Crippen LogP contribution in [-0.2, 0) is 14.8 Å². The standard InChI is InChI=1S/C21H22ClN3O5S/c1-31(28,29)25-13-19(30-18-9-8-14(22)12-17(18)25)20(26)23-16-7-3-2-6-15(16)21(27)24-10-4-5-11-24/h2-3,6-9,12,19H,4-5,10-11,13H2,1H3,(H,23,26)/t19-/m1/s1. The highest BCUT2D eigenvalue weighted by Gasteiger charge is 2.35. The van der Waals surface area contributed by atoms with Crippen LogP contribution in [0.1, 0.15) is 23.2 Å². The zero-order chi connectivity index (χ0) is 22.2. The van der Waals surface area contributed by atoms with Crippen LogP contribution >= 0.6 is 11.6 Å². The third kappa shape index (κ3) is 4.47. The lowest BCUT2D eigenvalue weighted by Crippen LogP contribution is -2.48. The first-order valence-corrected chi connectivity index (χ1v) is 12.1. The fraction of sp³-hybridized carbons (Fsp3) is 0.333. The quantitative estimate of drug-likeness (QED) is 0.752. The zero-order valence-corrected chi connectivity index (χ0v) is 18.4. The van der Waals surface area contributed by atoms with Crippen molar-refractivity contribution >= 4 is 44.8 Å². The van der Waals surface area contributed by atoms with Crippen LogP contribution in [-0.4, -0.2) is 57.1 Å². The molecule has 2 aliphatic heterocycles. The Kier molecular flexibility index (Phi) is 5.81. The van der Waals surface area contributed by atoms with Crippen LogP contribution in [0.15, 0.2) is 42.5 Å². The molecule has 4 rings (SSSR count). The maximum absolute atomic E-state index is 13.0. The Hall–Kier alpha value is -2.78. The molecule has 31 heavy (non-hydrogen) atoms. The SMILES string of the molecule is CS(=O)(=O)N1C[C@H](C(=O)Nc2ccccc2C(=O)N2CCCC2)Oc2ccc(Cl)cc21. The molecule has 1 N–H and O–H groups in total. The number of benzene rings is 2. The lowest BCUT2D eigenvalue weighted by Gasteiger charge is -2.34. The Morgan fingerprint density at radius 1 is 1.13 bits per heavy atom. The van der Waals surface area contributed by atoms with Gasteiger partial charge in [-0.25, -0.2) is 8.42 Å². The number of hydrogen-bond acceptors (Lipinski definition) is 5. The second-order valence-corrected chi connectivity index (χ2v) is 9.89. The summed E-state index contributed by atoms with van der Waals surface area (Å²) in [6, 6.07) is 11.3. The molecule has 2 amide bonds. The van der Waals surface area contributed by atoms with Gasteiger partial charge >= 0.3 is 0 Å². The van der Waals surface area contributed by atoms with Crippen molar-refractivity contribution in [3.8, 4) is 5.75 Å². The van der Waals surface area contributed by atoms with Crippen molar-refractivity contribution in [1.82, 2.24) is 4.90 Å². The summed E-state index contributed by atoms with van der Waals surface area (Å²) in [5, 5.41) is 3.09. The highest BCUT2D eigenvalue weighted by molar-refractivity contribution is 7.92. The predicted molar refractivity (Wildman–Crippen MR) is 118 cm³/mol. The zero-order valence-electron chi connectivity index (χ0n) is 16.9. The summed E-state index contributed by atoms with van der Waals surface area (Å²) in [7, 11) is -3.67. The van der Waals surface area contributed by atoms with E-state index >= 15 is 0 Å². The Bertz CT molecular complexity index is 1130. The molecule has 0 spiro atoms. The van der Waals surface area contributed by atoms with Gasteiger partial charge < -0.3 is 15.0 Å². The highest BCUT2D eigenvalue weighted by atomic mass is 35.5. The maximum Gasteiger partial charge on any atom is 0.267 e. The van der Waals surface area contributed by atoms with Crippen molar-refractivity contribution in [2.24, 2.45) is 0 Å². The lowest BCUT2D eigenvalue weighted by atomic mass is 10.1. The van der Waals surface area contributed by atoms with Crippen LogP contribution in [0.5, 0.6) is 5.75 Å². The summed E-state index contributed by atoms with van der Waals surface area (Å²) < 4.78 is 31.5. The Balaban J connectivity index is 1.58. The Morgan fingerprint density at radius 2 is 1.84 bits per heavy atom. The minimum absolute atomic E-state index is 0.143. The van der Waals surface area contributed by atoms with Gasteiger partial charge in [-0.3, -0.25) is 13.9 Å². The summed E-state index contributed by atoms with van der Waals surface area (Å²) in [6.45, 7) is 1.17. The Morgan fingerprint density at radius 3 is 2.55 bits per heavy atom. The van der Waals surface area contributed by atoms with E-state index in [0.29, 0.717) is 29.4 Å². The van der Waals surface area contributed by atoms with E-state index < -0.39 is 22.0 Å². The molecule has 1 atom stereocenters. The van der Waals surface area contributed by atoms with E-state index in [1.54, 1.807) is 35.2 Å². The monoisotopic (exact) mass is 463 g/mol. The molecule has 0 aliphatic carbocycles. The normalized spacial score (nSPS) is 18.3. The summed E-state index contributed by atoms with van der Waals surface area (Å²) in [6.07, 6.45) is 1.88. The molecule has 10 heteroatoms. The van der Waals surface area contributed by atoms with E-state index in [1.807, 2.05) is 0 Å². The smallest absolute Gasteiger partial charge is 0.267 e. The number of nitrogens with zero attached hydrogens (tertiary/aromatic N) is 2. The van der Waals surface area contributed by atoms with E-state index in [1.165, 1.54) is 12.1 Å². The molecule has 164 valence electrons. The topological polar surface area (TPSA) is 96.0 Å². The molecule has 0 aromatic heterocycles. The molecule has 0 unspecified atom stereocenters. The first kappa shape index (κ1) is 21.5. The van der Waals surface area contributed by atoms with Crippen LogP contribution in [0.4, 0.5) is 11.4 Å². The number of hydrogen-bond donors (Lipinski definition) is 1. The largest absolute Gasteiger partial charge is 0.476 e. The van der Waals surface area contributed by atoms with Gasteiger partial charge in [0.25, 0.3) is 11.8 Å². The molecule has 0 saturated carbocycles. The number of para-hydroxylation sites is 1. The van der Waals surface area contributed by atoms with E-state index in [0.717, 1.165) is 23.4 Å². The predicted octanol–water partition coefficient (Wildman–Crippen LogP) is 2.74. The number of sulfonamides is 1. The van der Waals surface area contributed by atoms with Crippen LogP contribution in [0.2, 0.25) is 5.02 Å². The second kappa shape index (κ2) is 8.39. The van der Waals surface area contributed by atoms with Crippen molar-refractivity contribution in [2.45, 2.75) is 18.9 Å². The fourth-order valence-corrected chi connectivity index (χ4v) is 4.83. The summed E-state index contributed by atoms with van der Waals surface area (Å²) in [5.74, 6) is -0.450. The molecule has 2 aliphatic rings. The van der Waals surface area contributed by atoms with Crippen molar-refractivity contribution in [3.05, 3.63) is 53.1 Å². The number of amides is 2. The van der Waals surface area contributed by atoms with Gasteiger partial charge in [0.2, 0.25) is 10.0 Å². The van der Waals surface area contributed by atoms with Gasteiger partial charge in [-0.15, -0.1) is 0 Å². The number of nitrogens with one attached hydrogen (secondary N) is 1. The van der Waals surface area contributed by atoms with Crippen LogP contribution in [0, 0.1) is 0 Å². The van der Waals surface area contributed by atoms with Gasteiger partial charge in [-0.2, -0.15) is 0 Å². The van der Waals surface area contributed by atoms with Gasteiger partial charge in [0.05, 0.1) is 29.7 Å². The molecule has 2 aromatic rings. The average molecular weight is 464 g/mol. The molecule has 0 bridgehead atoms. The lowest BCUT2D eigenvalue weighted by molar-refractivity contribution is -0.122. The number of rotatable bonds is 4. The number of ether oxygens (including phenoxy) is 1. The van der Waals surface area contributed by atoms with Crippen molar-refractivity contribution in [2.75, 3.05) is 35.5 Å². The van der Waals surface area contributed by atoms with E-state index in [9.17, 15) is 18.0 Å². The van der Waals surface area contributed by atoms with Gasteiger partial charge in [-0.1, -0.05) is 23.7 Å². The minimum atomic E-state index is -3.67. The van der Waals surface area contributed by atoms with E-state index in [4.69, 9.17) is 16.3 Å².